The van der Waals surface area contributed by atoms with Crippen LogP contribution >= 0.6 is 23.2 Å². The van der Waals surface area contributed by atoms with Gasteiger partial charge in [0, 0.05) is 29.2 Å². The van der Waals surface area contributed by atoms with E-state index in [9.17, 15) is 4.79 Å². The lowest BCUT2D eigenvalue weighted by Gasteiger charge is -2.16. The van der Waals surface area contributed by atoms with E-state index in [0.717, 1.165) is 18.5 Å². The Morgan fingerprint density at radius 3 is 2.82 bits per heavy atom. The molecule has 0 aliphatic carbocycles. The molecule has 1 fully saturated rings. The summed E-state index contributed by atoms with van der Waals surface area (Å²) in [6.07, 6.45) is 1.18. The van der Waals surface area contributed by atoms with Gasteiger partial charge >= 0.3 is 0 Å². The predicted molar refractivity (Wildman–Crippen MR) is 69.3 cm³/mol. The fourth-order valence-corrected chi connectivity index (χ4v) is 2.43. The molecule has 1 atom stereocenters. The highest BCUT2D eigenvalue weighted by Crippen LogP contribution is 2.22. The van der Waals surface area contributed by atoms with Crippen molar-refractivity contribution in [2.24, 2.45) is 5.73 Å². The molecule has 1 saturated heterocycles. The molecule has 1 aromatic rings. The van der Waals surface area contributed by atoms with E-state index >= 15 is 0 Å². The molecular weight excluding hydrogens is 259 g/mol. The first kappa shape index (κ1) is 12.7. The molecule has 1 amide bonds. The predicted octanol–water partition coefficient (Wildman–Crippen LogP) is 2.10. The topological polar surface area (TPSA) is 46.3 Å². The maximum atomic E-state index is 12.0. The highest BCUT2D eigenvalue weighted by Gasteiger charge is 2.23. The molecule has 0 unspecified atom stereocenters. The van der Waals surface area contributed by atoms with Gasteiger partial charge in [-0.05, 0) is 24.1 Å². The zero-order valence-corrected chi connectivity index (χ0v) is 10.8. The number of likely N-dealkylation sites (tertiary alicyclic amines) is 1. The Balaban J connectivity index is 2.03. The first-order chi connectivity index (χ1) is 8.06. The number of hydrogen-bond donors (Lipinski definition) is 1. The first-order valence-corrected chi connectivity index (χ1v) is 6.29. The van der Waals surface area contributed by atoms with Crippen molar-refractivity contribution in [3.05, 3.63) is 33.8 Å². The van der Waals surface area contributed by atoms with Gasteiger partial charge in [-0.25, -0.2) is 0 Å². The first-order valence-electron chi connectivity index (χ1n) is 5.53. The van der Waals surface area contributed by atoms with Gasteiger partial charge in [0.05, 0.1) is 6.42 Å². The fraction of sp³-hybridized carbons (Fsp3) is 0.417. The molecule has 0 radical (unpaired) electrons. The van der Waals surface area contributed by atoms with Crippen LogP contribution in [0.2, 0.25) is 10.0 Å². The molecule has 1 aliphatic rings. The largest absolute Gasteiger partial charge is 0.341 e. The van der Waals surface area contributed by atoms with Gasteiger partial charge in [0.1, 0.15) is 0 Å². The molecule has 5 heteroatoms. The average molecular weight is 273 g/mol. The number of rotatable bonds is 2. The van der Waals surface area contributed by atoms with Gasteiger partial charge in [-0.2, -0.15) is 0 Å². The van der Waals surface area contributed by atoms with Crippen LogP contribution in [0.1, 0.15) is 12.0 Å². The van der Waals surface area contributed by atoms with Gasteiger partial charge in [-0.3, -0.25) is 4.79 Å². The molecule has 2 rings (SSSR count). The van der Waals surface area contributed by atoms with Crippen LogP contribution in [-0.4, -0.2) is 29.9 Å². The van der Waals surface area contributed by atoms with Crippen molar-refractivity contribution >= 4 is 29.1 Å². The van der Waals surface area contributed by atoms with Crippen LogP contribution < -0.4 is 5.73 Å². The zero-order valence-electron chi connectivity index (χ0n) is 9.33. The summed E-state index contributed by atoms with van der Waals surface area (Å²) >= 11 is 11.8. The van der Waals surface area contributed by atoms with E-state index in [4.69, 9.17) is 28.9 Å². The number of carbonyl (C=O) groups is 1. The second kappa shape index (κ2) is 5.25. The molecule has 1 aromatic carbocycles. The normalized spacial score (nSPS) is 19.7. The number of amides is 1. The van der Waals surface area contributed by atoms with Crippen LogP contribution in [0, 0.1) is 0 Å². The summed E-state index contributed by atoms with van der Waals surface area (Å²) < 4.78 is 0. The van der Waals surface area contributed by atoms with Crippen molar-refractivity contribution in [2.45, 2.75) is 18.9 Å². The summed E-state index contributed by atoms with van der Waals surface area (Å²) in [6, 6.07) is 5.30. The summed E-state index contributed by atoms with van der Waals surface area (Å²) in [6.45, 7) is 1.38. The summed E-state index contributed by atoms with van der Waals surface area (Å²) in [5, 5.41) is 1.11. The SMILES string of the molecule is N[C@@H]1CCN(C(=O)Cc2ccc(Cl)cc2Cl)C1. The van der Waals surface area contributed by atoms with Crippen LogP contribution in [0.25, 0.3) is 0 Å². The Kier molecular flexibility index (Phi) is 3.92. The van der Waals surface area contributed by atoms with Crippen molar-refractivity contribution in [1.82, 2.24) is 4.90 Å². The monoisotopic (exact) mass is 272 g/mol. The van der Waals surface area contributed by atoms with Crippen LogP contribution in [0.15, 0.2) is 18.2 Å². The van der Waals surface area contributed by atoms with Crippen molar-refractivity contribution in [1.29, 1.82) is 0 Å². The van der Waals surface area contributed by atoms with Crippen molar-refractivity contribution in [3.8, 4) is 0 Å². The Bertz CT molecular complexity index is 437. The zero-order chi connectivity index (χ0) is 12.4. The van der Waals surface area contributed by atoms with E-state index in [-0.39, 0.29) is 11.9 Å². The third kappa shape index (κ3) is 3.12. The Morgan fingerprint density at radius 1 is 1.47 bits per heavy atom. The van der Waals surface area contributed by atoms with E-state index in [0.29, 0.717) is 23.0 Å². The number of nitrogens with zero attached hydrogens (tertiary/aromatic N) is 1. The van der Waals surface area contributed by atoms with E-state index in [2.05, 4.69) is 0 Å². The number of hydrogen-bond acceptors (Lipinski definition) is 2. The third-order valence-corrected chi connectivity index (χ3v) is 3.52. The fourth-order valence-electron chi connectivity index (χ4n) is 1.95. The van der Waals surface area contributed by atoms with Gasteiger partial charge in [0.2, 0.25) is 5.91 Å². The third-order valence-electron chi connectivity index (χ3n) is 2.93. The highest BCUT2D eigenvalue weighted by atomic mass is 35.5. The van der Waals surface area contributed by atoms with Gasteiger partial charge in [-0.15, -0.1) is 0 Å². The molecule has 2 N–H and O–H groups in total. The van der Waals surface area contributed by atoms with Gasteiger partial charge in [0.25, 0.3) is 0 Å². The number of benzene rings is 1. The average Bonchev–Trinajstić information content (AvgIpc) is 2.69. The number of halogens is 2. The van der Waals surface area contributed by atoms with Crippen molar-refractivity contribution < 1.29 is 4.79 Å². The molecular formula is C12H14Cl2N2O. The minimum atomic E-state index is 0.0715. The molecule has 0 bridgehead atoms. The summed E-state index contributed by atoms with van der Waals surface area (Å²) in [4.78, 5) is 13.8. The van der Waals surface area contributed by atoms with Crippen LogP contribution in [-0.2, 0) is 11.2 Å². The second-order valence-electron chi connectivity index (χ2n) is 4.30. The lowest BCUT2D eigenvalue weighted by molar-refractivity contribution is -0.129. The quantitative estimate of drug-likeness (QED) is 0.896. The minimum absolute atomic E-state index is 0.0715. The van der Waals surface area contributed by atoms with Crippen molar-refractivity contribution in [3.63, 3.8) is 0 Å². The second-order valence-corrected chi connectivity index (χ2v) is 5.14. The van der Waals surface area contributed by atoms with Crippen LogP contribution in [0.5, 0.6) is 0 Å². The molecule has 3 nitrogen and oxygen atoms in total. The standard InChI is InChI=1S/C12H14Cl2N2O/c13-9-2-1-8(11(14)6-9)5-12(17)16-4-3-10(15)7-16/h1-2,6,10H,3-5,7,15H2/t10-/m1/s1. The van der Waals surface area contributed by atoms with Gasteiger partial charge in [0.15, 0.2) is 0 Å². The molecule has 0 saturated carbocycles. The van der Waals surface area contributed by atoms with E-state index in [1.807, 2.05) is 0 Å². The van der Waals surface area contributed by atoms with Gasteiger partial charge in [-0.1, -0.05) is 29.3 Å². The maximum absolute atomic E-state index is 12.0. The molecule has 0 aromatic heterocycles. The molecule has 92 valence electrons. The van der Waals surface area contributed by atoms with Crippen LogP contribution in [0.3, 0.4) is 0 Å². The van der Waals surface area contributed by atoms with Gasteiger partial charge < -0.3 is 10.6 Å². The number of nitrogens with two attached hydrogens (primary N) is 1. The van der Waals surface area contributed by atoms with E-state index < -0.39 is 0 Å². The molecule has 17 heavy (non-hydrogen) atoms. The summed E-state index contributed by atoms with van der Waals surface area (Å²) in [5.74, 6) is 0.0715. The number of carbonyl (C=O) groups excluding carboxylic acids is 1. The smallest absolute Gasteiger partial charge is 0.227 e. The Labute approximate surface area is 110 Å². The lowest BCUT2D eigenvalue weighted by atomic mass is 10.1. The molecule has 0 spiro atoms. The van der Waals surface area contributed by atoms with Crippen molar-refractivity contribution in [2.75, 3.05) is 13.1 Å². The lowest BCUT2D eigenvalue weighted by Crippen LogP contribution is -2.32. The maximum Gasteiger partial charge on any atom is 0.227 e. The molecule has 1 aliphatic heterocycles. The Hall–Kier alpha value is -0.770. The minimum Gasteiger partial charge on any atom is -0.341 e. The van der Waals surface area contributed by atoms with E-state index in [1.54, 1.807) is 23.1 Å². The summed E-state index contributed by atoms with van der Waals surface area (Å²) in [7, 11) is 0. The Morgan fingerprint density at radius 2 is 2.24 bits per heavy atom. The summed E-state index contributed by atoms with van der Waals surface area (Å²) in [5.41, 5.74) is 6.58. The molecule has 1 heterocycles. The van der Waals surface area contributed by atoms with E-state index in [1.165, 1.54) is 0 Å². The van der Waals surface area contributed by atoms with Crippen LogP contribution in [0.4, 0.5) is 0 Å². The highest BCUT2D eigenvalue weighted by molar-refractivity contribution is 6.35.